The van der Waals surface area contributed by atoms with Crippen LogP contribution in [0.15, 0.2) is 50.5 Å². The molecule has 100 valence electrons. The molecule has 0 unspecified atom stereocenters. The number of halogens is 2. The number of nitrogens with two attached hydrogens (primary N) is 1. The van der Waals surface area contributed by atoms with Gasteiger partial charge in [0.25, 0.3) is 10.0 Å². The van der Waals surface area contributed by atoms with Crippen molar-refractivity contribution in [2.45, 2.75) is 4.90 Å². The third kappa shape index (κ3) is 3.26. The van der Waals surface area contributed by atoms with Crippen LogP contribution in [-0.2, 0) is 10.0 Å². The van der Waals surface area contributed by atoms with Crippen LogP contribution in [0.4, 0.5) is 11.4 Å². The second-order valence-corrected chi connectivity index (χ2v) is 6.98. The van der Waals surface area contributed by atoms with Crippen molar-refractivity contribution in [3.8, 4) is 0 Å². The topological polar surface area (TPSA) is 85.1 Å². The second-order valence-electron chi connectivity index (χ2n) is 3.66. The minimum atomic E-state index is -3.72. The molecule has 8 heteroatoms. The average molecular weight is 407 g/mol. The number of nitrogens with zero attached hydrogens (tertiary/aromatic N) is 1. The van der Waals surface area contributed by atoms with Gasteiger partial charge in [0.1, 0.15) is 4.90 Å². The Bertz CT molecular complexity index is 682. The molecule has 0 aliphatic heterocycles. The number of benzene rings is 1. The molecule has 3 N–H and O–H groups in total. The Balaban J connectivity index is 2.46. The fourth-order valence-corrected chi connectivity index (χ4v) is 5.14. The van der Waals surface area contributed by atoms with Crippen LogP contribution in [-0.4, -0.2) is 13.4 Å². The Morgan fingerprint density at radius 2 is 1.63 bits per heavy atom. The van der Waals surface area contributed by atoms with Crippen LogP contribution in [0, 0.1) is 0 Å². The number of anilines is 2. The van der Waals surface area contributed by atoms with Crippen LogP contribution in [0.2, 0.25) is 0 Å². The summed E-state index contributed by atoms with van der Waals surface area (Å²) in [6.45, 7) is 0. The van der Waals surface area contributed by atoms with Crippen molar-refractivity contribution >= 4 is 53.3 Å². The third-order valence-corrected chi connectivity index (χ3v) is 5.48. The number of hydrogen-bond acceptors (Lipinski definition) is 4. The van der Waals surface area contributed by atoms with Crippen LogP contribution < -0.4 is 10.5 Å². The molecule has 1 aromatic heterocycles. The average Bonchev–Trinajstić information content (AvgIpc) is 2.27. The quantitative estimate of drug-likeness (QED) is 0.767. The number of pyridine rings is 1. The van der Waals surface area contributed by atoms with Crippen LogP contribution in [0.25, 0.3) is 0 Å². The van der Waals surface area contributed by atoms with E-state index in [0.29, 0.717) is 20.3 Å². The lowest BCUT2D eigenvalue weighted by Crippen LogP contribution is -2.14. The first-order chi connectivity index (χ1) is 8.90. The highest BCUT2D eigenvalue weighted by Crippen LogP contribution is 2.33. The maximum atomic E-state index is 12.3. The first-order valence-corrected chi connectivity index (χ1v) is 8.14. The van der Waals surface area contributed by atoms with Gasteiger partial charge in [-0.25, -0.2) is 8.42 Å². The molecule has 19 heavy (non-hydrogen) atoms. The fraction of sp³-hybridized carbons (Fsp3) is 0. The summed E-state index contributed by atoms with van der Waals surface area (Å²) < 4.78 is 27.9. The highest BCUT2D eigenvalue weighted by molar-refractivity contribution is 9.11. The van der Waals surface area contributed by atoms with Crippen molar-refractivity contribution < 1.29 is 8.42 Å². The molecule has 2 aromatic rings. The van der Waals surface area contributed by atoms with Gasteiger partial charge in [-0.1, -0.05) is 0 Å². The number of nitrogen functional groups attached to an aromatic ring is 1. The Hall–Kier alpha value is -1.12. The highest BCUT2D eigenvalue weighted by atomic mass is 79.9. The van der Waals surface area contributed by atoms with Crippen molar-refractivity contribution in [3.05, 3.63) is 45.6 Å². The second kappa shape index (κ2) is 5.48. The van der Waals surface area contributed by atoms with Gasteiger partial charge in [0.2, 0.25) is 0 Å². The van der Waals surface area contributed by atoms with Crippen molar-refractivity contribution in [2.75, 3.05) is 10.5 Å². The Labute approximate surface area is 127 Å². The fourth-order valence-electron chi connectivity index (χ4n) is 1.46. The zero-order chi connectivity index (χ0) is 14.0. The molecule has 0 saturated heterocycles. The lowest BCUT2D eigenvalue weighted by atomic mass is 10.3. The summed E-state index contributed by atoms with van der Waals surface area (Å²) in [6, 6.07) is 6.20. The maximum absolute atomic E-state index is 12.3. The first-order valence-electron chi connectivity index (χ1n) is 5.07. The normalized spacial score (nSPS) is 11.3. The van der Waals surface area contributed by atoms with Crippen molar-refractivity contribution in [2.24, 2.45) is 0 Å². The van der Waals surface area contributed by atoms with Gasteiger partial charge in [-0.15, -0.1) is 0 Å². The van der Waals surface area contributed by atoms with Gasteiger partial charge in [-0.3, -0.25) is 9.71 Å². The highest BCUT2D eigenvalue weighted by Gasteiger charge is 2.21. The molecular weight excluding hydrogens is 398 g/mol. The summed E-state index contributed by atoms with van der Waals surface area (Å²) in [4.78, 5) is 3.92. The monoisotopic (exact) mass is 405 g/mol. The Kier molecular flexibility index (Phi) is 4.12. The van der Waals surface area contributed by atoms with Crippen LogP contribution in [0.3, 0.4) is 0 Å². The van der Waals surface area contributed by atoms with E-state index in [9.17, 15) is 8.42 Å². The van der Waals surface area contributed by atoms with Gasteiger partial charge in [-0.2, -0.15) is 0 Å². The van der Waals surface area contributed by atoms with E-state index in [1.807, 2.05) is 0 Å². The van der Waals surface area contributed by atoms with Crippen LogP contribution >= 0.6 is 31.9 Å². The molecule has 0 aliphatic carbocycles. The first kappa shape index (κ1) is 14.3. The van der Waals surface area contributed by atoms with Gasteiger partial charge in [0.15, 0.2) is 0 Å². The minimum absolute atomic E-state index is 0.0958. The Morgan fingerprint density at radius 3 is 2.16 bits per heavy atom. The van der Waals surface area contributed by atoms with E-state index >= 15 is 0 Å². The molecular formula is C11H9Br2N3O2S. The molecule has 0 saturated carbocycles. The largest absolute Gasteiger partial charge is 0.399 e. The molecule has 1 aromatic carbocycles. The molecule has 0 spiro atoms. The lowest BCUT2D eigenvalue weighted by molar-refractivity contribution is 0.600. The SMILES string of the molecule is Nc1cc(Br)c(S(=O)(=O)Nc2ccncc2)c(Br)c1. The maximum Gasteiger partial charge on any atom is 0.264 e. The van der Waals surface area contributed by atoms with Gasteiger partial charge in [0, 0.05) is 27.0 Å². The molecule has 0 fully saturated rings. The van der Waals surface area contributed by atoms with Crippen molar-refractivity contribution in [3.63, 3.8) is 0 Å². The summed E-state index contributed by atoms with van der Waals surface area (Å²) in [5.41, 5.74) is 6.54. The van der Waals surface area contributed by atoms with E-state index in [-0.39, 0.29) is 4.90 Å². The predicted octanol–water partition coefficient (Wildman–Crippen LogP) is 2.99. The summed E-state index contributed by atoms with van der Waals surface area (Å²) in [6.07, 6.45) is 3.01. The minimum Gasteiger partial charge on any atom is -0.399 e. The van der Waals surface area contributed by atoms with E-state index < -0.39 is 10.0 Å². The zero-order valence-electron chi connectivity index (χ0n) is 9.47. The number of hydrogen-bond donors (Lipinski definition) is 2. The molecule has 2 rings (SSSR count). The molecule has 0 bridgehead atoms. The number of rotatable bonds is 3. The molecule has 0 aliphatic rings. The number of nitrogens with one attached hydrogen (secondary N) is 1. The van der Waals surface area contributed by atoms with E-state index in [1.165, 1.54) is 24.5 Å². The third-order valence-electron chi connectivity index (χ3n) is 2.22. The van der Waals surface area contributed by atoms with E-state index in [4.69, 9.17) is 5.73 Å². The standard InChI is InChI=1S/C11H9Br2N3O2S/c12-9-5-7(14)6-10(13)11(9)19(17,18)16-8-1-3-15-4-2-8/h1-6H,14H2,(H,15,16). The molecule has 1 heterocycles. The smallest absolute Gasteiger partial charge is 0.264 e. The predicted molar refractivity (Wildman–Crippen MR) is 81.3 cm³/mol. The molecule has 0 amide bonds. The van der Waals surface area contributed by atoms with Gasteiger partial charge in [0.05, 0.1) is 5.69 Å². The van der Waals surface area contributed by atoms with E-state index in [1.54, 1.807) is 12.1 Å². The molecule has 0 atom stereocenters. The van der Waals surface area contributed by atoms with Gasteiger partial charge < -0.3 is 5.73 Å². The van der Waals surface area contributed by atoms with Crippen molar-refractivity contribution in [1.29, 1.82) is 0 Å². The van der Waals surface area contributed by atoms with E-state index in [0.717, 1.165) is 0 Å². The Morgan fingerprint density at radius 1 is 1.11 bits per heavy atom. The lowest BCUT2D eigenvalue weighted by Gasteiger charge is -2.11. The summed E-state index contributed by atoms with van der Waals surface area (Å²) >= 11 is 6.41. The zero-order valence-corrected chi connectivity index (χ0v) is 13.5. The summed E-state index contributed by atoms with van der Waals surface area (Å²) in [5.74, 6) is 0. The molecule has 0 radical (unpaired) electrons. The summed E-state index contributed by atoms with van der Waals surface area (Å²) in [7, 11) is -3.72. The van der Waals surface area contributed by atoms with Gasteiger partial charge >= 0.3 is 0 Å². The van der Waals surface area contributed by atoms with Gasteiger partial charge in [-0.05, 0) is 56.1 Å². The van der Waals surface area contributed by atoms with Crippen LogP contribution in [0.1, 0.15) is 0 Å². The molecule has 5 nitrogen and oxygen atoms in total. The number of aromatic nitrogens is 1. The number of sulfonamides is 1. The van der Waals surface area contributed by atoms with Crippen LogP contribution in [0.5, 0.6) is 0 Å². The van der Waals surface area contributed by atoms with E-state index in [2.05, 4.69) is 41.6 Å². The summed E-state index contributed by atoms with van der Waals surface area (Å²) in [5, 5.41) is 0. The van der Waals surface area contributed by atoms with Crippen molar-refractivity contribution in [1.82, 2.24) is 4.98 Å².